The first-order valence-electron chi connectivity index (χ1n) is 5.55. The molecule has 0 atom stereocenters. The average Bonchev–Trinajstić information content (AvgIpc) is 2.60. The predicted molar refractivity (Wildman–Crippen MR) is 72.2 cm³/mol. The fraction of sp³-hybridized carbons (Fsp3) is 0.727. The van der Waals surface area contributed by atoms with E-state index in [9.17, 15) is 0 Å². The van der Waals surface area contributed by atoms with Gasteiger partial charge in [-0.05, 0) is 32.3 Å². The summed E-state index contributed by atoms with van der Waals surface area (Å²) in [5.74, 6) is 6.20. The maximum atomic E-state index is 5.55. The third kappa shape index (κ3) is 3.74. The van der Waals surface area contributed by atoms with Gasteiger partial charge in [0.15, 0.2) is 5.84 Å². The van der Waals surface area contributed by atoms with Crippen molar-refractivity contribution >= 4 is 17.4 Å². The molecule has 0 saturated heterocycles. The number of nitrogens with zero attached hydrogens (tertiary/aromatic N) is 3. The summed E-state index contributed by atoms with van der Waals surface area (Å²) in [4.78, 5) is 5.47. The van der Waals surface area contributed by atoms with Crippen molar-refractivity contribution in [2.75, 3.05) is 0 Å². The number of hydrogen-bond donors (Lipinski definition) is 2. The second kappa shape index (κ2) is 4.70. The van der Waals surface area contributed by atoms with Crippen molar-refractivity contribution < 1.29 is 0 Å². The summed E-state index contributed by atoms with van der Waals surface area (Å²) in [6.07, 6.45) is 0. The quantitative estimate of drug-likeness (QED) is 0.347. The van der Waals surface area contributed by atoms with Crippen LogP contribution in [0.1, 0.15) is 52.1 Å². The largest absolute Gasteiger partial charge is 0.307 e. The molecule has 1 aromatic rings. The van der Waals surface area contributed by atoms with Gasteiger partial charge in [0.05, 0.1) is 11.2 Å². The Bertz CT molecular complexity index is 408. The molecule has 0 spiro atoms. The van der Waals surface area contributed by atoms with Gasteiger partial charge in [0, 0.05) is 5.41 Å². The van der Waals surface area contributed by atoms with Crippen LogP contribution < -0.4 is 11.3 Å². The molecule has 0 aliphatic heterocycles. The first-order chi connectivity index (χ1) is 7.65. The van der Waals surface area contributed by atoms with Crippen LogP contribution in [0.15, 0.2) is 4.99 Å². The maximum absolute atomic E-state index is 5.55. The van der Waals surface area contributed by atoms with Crippen molar-refractivity contribution in [2.24, 2.45) is 10.8 Å². The molecule has 1 heterocycles. The zero-order valence-electron chi connectivity index (χ0n) is 11.3. The first-order valence-corrected chi connectivity index (χ1v) is 6.32. The van der Waals surface area contributed by atoms with Crippen molar-refractivity contribution in [1.82, 2.24) is 15.0 Å². The van der Waals surface area contributed by atoms with Crippen molar-refractivity contribution in [3.8, 4) is 0 Å². The molecule has 0 aromatic carbocycles. The lowest BCUT2D eigenvalue weighted by Gasteiger charge is -2.19. The summed E-state index contributed by atoms with van der Waals surface area (Å²) in [5, 5.41) is 4.18. The summed E-state index contributed by atoms with van der Waals surface area (Å²) in [6, 6.07) is 0. The number of aliphatic imine (C=N–C) groups is 1. The molecular weight excluding hydrogens is 234 g/mol. The van der Waals surface area contributed by atoms with Gasteiger partial charge in [0.2, 0.25) is 0 Å². The Balaban J connectivity index is 3.24. The lowest BCUT2D eigenvalue weighted by atomic mass is 9.91. The number of nitrogens with one attached hydrogen (secondary N) is 1. The number of hydrogen-bond acceptors (Lipinski definition) is 5. The van der Waals surface area contributed by atoms with Crippen LogP contribution in [0.4, 0.5) is 0 Å². The SMILES string of the molecule is CC(C)(C)N=C(NN)c1snnc1C(C)(C)C. The molecule has 0 unspecified atom stereocenters. The van der Waals surface area contributed by atoms with Crippen molar-refractivity contribution in [1.29, 1.82) is 0 Å². The molecule has 0 bridgehead atoms. The summed E-state index contributed by atoms with van der Waals surface area (Å²) >= 11 is 1.32. The van der Waals surface area contributed by atoms with Gasteiger partial charge in [-0.15, -0.1) is 5.10 Å². The van der Waals surface area contributed by atoms with Gasteiger partial charge < -0.3 is 5.43 Å². The van der Waals surface area contributed by atoms with E-state index in [2.05, 4.69) is 40.8 Å². The van der Waals surface area contributed by atoms with Crippen LogP contribution in [0.25, 0.3) is 0 Å². The van der Waals surface area contributed by atoms with E-state index in [1.165, 1.54) is 11.5 Å². The Labute approximate surface area is 107 Å². The van der Waals surface area contributed by atoms with Crippen molar-refractivity contribution in [3.63, 3.8) is 0 Å². The van der Waals surface area contributed by atoms with Crippen LogP contribution in [-0.2, 0) is 5.41 Å². The van der Waals surface area contributed by atoms with Crippen LogP contribution >= 0.6 is 11.5 Å². The monoisotopic (exact) mass is 255 g/mol. The minimum atomic E-state index is -0.194. The molecule has 17 heavy (non-hydrogen) atoms. The Morgan fingerprint density at radius 3 is 2.24 bits per heavy atom. The normalized spacial score (nSPS) is 13.9. The minimum Gasteiger partial charge on any atom is -0.307 e. The van der Waals surface area contributed by atoms with Crippen LogP contribution in [-0.4, -0.2) is 21.0 Å². The third-order valence-electron chi connectivity index (χ3n) is 2.00. The second-order valence-corrected chi connectivity index (χ2v) is 6.73. The lowest BCUT2D eigenvalue weighted by molar-refractivity contribution is 0.562. The molecule has 0 aliphatic rings. The second-order valence-electron chi connectivity index (χ2n) is 5.98. The van der Waals surface area contributed by atoms with E-state index in [0.717, 1.165) is 10.6 Å². The van der Waals surface area contributed by atoms with E-state index >= 15 is 0 Å². The molecule has 0 radical (unpaired) electrons. The van der Waals surface area contributed by atoms with Gasteiger partial charge in [-0.1, -0.05) is 25.3 Å². The van der Waals surface area contributed by atoms with Gasteiger partial charge in [0.1, 0.15) is 4.88 Å². The zero-order chi connectivity index (χ0) is 13.3. The summed E-state index contributed by atoms with van der Waals surface area (Å²) in [5.41, 5.74) is 3.31. The highest BCUT2D eigenvalue weighted by Crippen LogP contribution is 2.26. The summed E-state index contributed by atoms with van der Waals surface area (Å²) < 4.78 is 4.00. The Hall–Kier alpha value is -1.01. The van der Waals surface area contributed by atoms with Crippen molar-refractivity contribution in [3.05, 3.63) is 10.6 Å². The number of amidine groups is 1. The van der Waals surface area contributed by atoms with Crippen LogP contribution in [0.3, 0.4) is 0 Å². The van der Waals surface area contributed by atoms with Gasteiger partial charge in [-0.3, -0.25) is 4.99 Å². The van der Waals surface area contributed by atoms with Gasteiger partial charge in [-0.2, -0.15) is 0 Å². The highest BCUT2D eigenvalue weighted by atomic mass is 32.1. The average molecular weight is 255 g/mol. The number of rotatable bonds is 1. The van der Waals surface area contributed by atoms with E-state index < -0.39 is 0 Å². The van der Waals surface area contributed by atoms with Crippen molar-refractivity contribution in [2.45, 2.75) is 52.5 Å². The van der Waals surface area contributed by atoms with E-state index in [1.807, 2.05) is 20.8 Å². The van der Waals surface area contributed by atoms with Crippen LogP contribution in [0, 0.1) is 0 Å². The molecule has 0 fully saturated rings. The molecule has 6 heteroatoms. The predicted octanol–water partition coefficient (Wildman–Crippen LogP) is 1.84. The zero-order valence-corrected chi connectivity index (χ0v) is 12.1. The summed E-state index contributed by atoms with van der Waals surface area (Å²) in [6.45, 7) is 12.4. The van der Waals surface area contributed by atoms with Gasteiger partial charge in [-0.25, -0.2) is 5.84 Å². The molecule has 3 N–H and O–H groups in total. The highest BCUT2D eigenvalue weighted by molar-refractivity contribution is 7.08. The number of hydrazine groups is 1. The molecular formula is C11H21N5S. The molecule has 0 amide bonds. The van der Waals surface area contributed by atoms with Crippen LogP contribution in [0.2, 0.25) is 0 Å². The van der Waals surface area contributed by atoms with Gasteiger partial charge in [0.25, 0.3) is 0 Å². The maximum Gasteiger partial charge on any atom is 0.156 e. The summed E-state index contributed by atoms with van der Waals surface area (Å²) in [7, 11) is 0. The van der Waals surface area contributed by atoms with E-state index in [1.54, 1.807) is 0 Å². The molecule has 0 saturated carbocycles. The smallest absolute Gasteiger partial charge is 0.156 e. The first kappa shape index (κ1) is 14.1. The van der Waals surface area contributed by atoms with Crippen LogP contribution in [0.5, 0.6) is 0 Å². The molecule has 5 nitrogen and oxygen atoms in total. The Kier molecular flexibility index (Phi) is 3.88. The Morgan fingerprint density at radius 2 is 1.82 bits per heavy atom. The van der Waals surface area contributed by atoms with E-state index in [4.69, 9.17) is 5.84 Å². The molecule has 0 aliphatic carbocycles. The molecule has 96 valence electrons. The fourth-order valence-electron chi connectivity index (χ4n) is 1.32. The standard InChI is InChI=1S/C11H21N5S/c1-10(2,3)8-7(17-16-15-8)9(14-12)13-11(4,5)6/h12H2,1-6H3,(H,13,14). The molecule has 1 rings (SSSR count). The Morgan fingerprint density at radius 1 is 1.24 bits per heavy atom. The lowest BCUT2D eigenvalue weighted by Crippen LogP contribution is -2.34. The third-order valence-corrected chi connectivity index (χ3v) is 2.73. The van der Waals surface area contributed by atoms with E-state index in [-0.39, 0.29) is 11.0 Å². The number of aromatic nitrogens is 2. The number of nitrogens with two attached hydrogens (primary N) is 1. The molecule has 1 aromatic heterocycles. The van der Waals surface area contributed by atoms with E-state index in [0.29, 0.717) is 5.84 Å². The van der Waals surface area contributed by atoms with Gasteiger partial charge >= 0.3 is 0 Å². The topological polar surface area (TPSA) is 76.2 Å². The minimum absolute atomic E-state index is 0.0716. The fourth-order valence-corrected chi connectivity index (χ4v) is 2.15. The highest BCUT2D eigenvalue weighted by Gasteiger charge is 2.25.